The van der Waals surface area contributed by atoms with Crippen LogP contribution in [0.3, 0.4) is 0 Å². The highest BCUT2D eigenvalue weighted by molar-refractivity contribution is 6.29. The largest absolute Gasteiger partial charge is 0.462 e. The number of esters is 1. The summed E-state index contributed by atoms with van der Waals surface area (Å²) in [6, 6.07) is 1.66. The monoisotopic (exact) mass is 365 g/mol. The zero-order valence-corrected chi connectivity index (χ0v) is 14.3. The minimum Gasteiger partial charge on any atom is -0.462 e. The summed E-state index contributed by atoms with van der Waals surface area (Å²) in [6.07, 6.45) is 4.50. The van der Waals surface area contributed by atoms with E-state index in [0.717, 1.165) is 25.4 Å². The van der Waals surface area contributed by atoms with Crippen LogP contribution in [0.25, 0.3) is 0 Å². The highest BCUT2D eigenvalue weighted by atomic mass is 35.5. The van der Waals surface area contributed by atoms with Gasteiger partial charge in [0.15, 0.2) is 5.82 Å². The highest BCUT2D eigenvalue weighted by Gasteiger charge is 2.26. The molecule has 2 aromatic heterocycles. The molecule has 25 heavy (non-hydrogen) atoms. The lowest BCUT2D eigenvalue weighted by Crippen LogP contribution is -2.28. The number of hydrogen-bond donors (Lipinski definition) is 1. The van der Waals surface area contributed by atoms with Crippen molar-refractivity contribution in [1.29, 1.82) is 0 Å². The molecular weight excluding hydrogens is 349 g/mol. The van der Waals surface area contributed by atoms with Gasteiger partial charge in [0.05, 0.1) is 24.7 Å². The summed E-state index contributed by atoms with van der Waals surface area (Å²) in [5.41, 5.74) is 0.910. The Bertz CT molecular complexity index is 759. The van der Waals surface area contributed by atoms with E-state index in [-0.39, 0.29) is 17.8 Å². The van der Waals surface area contributed by atoms with Gasteiger partial charge in [-0.25, -0.2) is 24.1 Å². The third-order valence-corrected chi connectivity index (χ3v) is 4.01. The number of aromatic nitrogens is 3. The molecule has 132 valence electrons. The molecule has 0 saturated carbocycles. The number of carbonyl (C=O) groups is 1. The lowest BCUT2D eigenvalue weighted by molar-refractivity contribution is 0.0527. The molecule has 0 radical (unpaired) electrons. The van der Waals surface area contributed by atoms with Gasteiger partial charge in [-0.3, -0.25) is 0 Å². The molecular formula is C16H17ClFN5O2. The molecule has 1 aliphatic heterocycles. The first-order valence-electron chi connectivity index (χ1n) is 7.88. The summed E-state index contributed by atoms with van der Waals surface area (Å²) < 4.78 is 18.0. The zero-order valence-electron chi connectivity index (χ0n) is 13.6. The van der Waals surface area contributed by atoms with E-state index >= 15 is 0 Å². The molecule has 1 saturated heterocycles. The normalized spacial score (nSPS) is 16.8. The molecule has 0 aliphatic carbocycles. The second-order valence-electron chi connectivity index (χ2n) is 5.55. The van der Waals surface area contributed by atoms with Crippen LogP contribution in [0, 0.1) is 5.82 Å². The van der Waals surface area contributed by atoms with E-state index in [0.29, 0.717) is 23.7 Å². The Hall–Kier alpha value is -2.48. The van der Waals surface area contributed by atoms with Gasteiger partial charge in [0.2, 0.25) is 5.95 Å². The summed E-state index contributed by atoms with van der Waals surface area (Å²) in [6.45, 7) is 3.36. The number of halogens is 2. The fourth-order valence-electron chi connectivity index (χ4n) is 2.67. The van der Waals surface area contributed by atoms with Crippen molar-refractivity contribution in [2.75, 3.05) is 29.9 Å². The predicted octanol–water partition coefficient (Wildman–Crippen LogP) is 2.53. The third kappa shape index (κ3) is 4.14. The summed E-state index contributed by atoms with van der Waals surface area (Å²) in [5, 5.41) is 3.59. The van der Waals surface area contributed by atoms with E-state index in [1.54, 1.807) is 13.0 Å². The smallest absolute Gasteiger partial charge is 0.341 e. The second kappa shape index (κ2) is 7.60. The molecule has 0 aromatic carbocycles. The van der Waals surface area contributed by atoms with Crippen molar-refractivity contribution in [3.05, 3.63) is 41.2 Å². The summed E-state index contributed by atoms with van der Waals surface area (Å²) >= 11 is 5.95. The quantitative estimate of drug-likeness (QED) is 0.644. The molecule has 0 spiro atoms. The molecule has 3 rings (SSSR count). The number of carbonyl (C=O) groups excluding carboxylic acids is 1. The number of nitrogens with one attached hydrogen (secondary N) is 1. The minimum atomic E-state index is -0.469. The number of pyridine rings is 1. The van der Waals surface area contributed by atoms with E-state index in [1.807, 2.05) is 4.90 Å². The molecule has 0 amide bonds. The van der Waals surface area contributed by atoms with E-state index in [1.165, 1.54) is 6.20 Å². The van der Waals surface area contributed by atoms with Gasteiger partial charge in [0, 0.05) is 25.3 Å². The van der Waals surface area contributed by atoms with Gasteiger partial charge in [-0.1, -0.05) is 11.6 Å². The standard InChI is InChI=1S/C16H17ClFN5O2/c1-2-25-15(24)12-8-19-14(17)5-13(12)22-11-3-4-23(9-11)16-20-6-10(18)7-21-16/h5-8,11H,2-4,9H2,1H3,(H,19,22)/t11-/m1/s1. The average Bonchev–Trinajstić information content (AvgIpc) is 3.04. The number of anilines is 2. The van der Waals surface area contributed by atoms with E-state index < -0.39 is 11.8 Å². The van der Waals surface area contributed by atoms with Crippen LogP contribution in [0.1, 0.15) is 23.7 Å². The van der Waals surface area contributed by atoms with Gasteiger partial charge in [0.25, 0.3) is 0 Å². The maximum atomic E-state index is 12.9. The first-order valence-corrected chi connectivity index (χ1v) is 8.26. The van der Waals surface area contributed by atoms with Crippen molar-refractivity contribution in [2.45, 2.75) is 19.4 Å². The lowest BCUT2D eigenvalue weighted by atomic mass is 10.2. The van der Waals surface area contributed by atoms with Crippen LogP contribution in [0.5, 0.6) is 0 Å². The summed E-state index contributed by atoms with van der Waals surface area (Å²) in [7, 11) is 0. The van der Waals surface area contributed by atoms with Gasteiger partial charge in [-0.2, -0.15) is 0 Å². The highest BCUT2D eigenvalue weighted by Crippen LogP contribution is 2.24. The number of nitrogens with zero attached hydrogens (tertiary/aromatic N) is 4. The molecule has 7 nitrogen and oxygen atoms in total. The van der Waals surface area contributed by atoms with Crippen LogP contribution in [-0.4, -0.2) is 46.7 Å². The Labute approximate surface area is 149 Å². The van der Waals surface area contributed by atoms with E-state index in [9.17, 15) is 9.18 Å². The fourth-order valence-corrected chi connectivity index (χ4v) is 2.83. The molecule has 0 bridgehead atoms. The molecule has 1 aliphatic rings. The van der Waals surface area contributed by atoms with Crippen LogP contribution in [0.15, 0.2) is 24.7 Å². The lowest BCUT2D eigenvalue weighted by Gasteiger charge is -2.18. The number of ether oxygens (including phenoxy) is 1. The molecule has 1 N–H and O–H groups in total. The van der Waals surface area contributed by atoms with Gasteiger partial charge in [0.1, 0.15) is 10.7 Å². The van der Waals surface area contributed by atoms with Crippen LogP contribution in [0.4, 0.5) is 16.0 Å². The van der Waals surface area contributed by atoms with Crippen LogP contribution < -0.4 is 10.2 Å². The van der Waals surface area contributed by atoms with Crippen molar-refractivity contribution in [3.8, 4) is 0 Å². The van der Waals surface area contributed by atoms with Crippen molar-refractivity contribution in [2.24, 2.45) is 0 Å². The first-order chi connectivity index (χ1) is 12.1. The van der Waals surface area contributed by atoms with Gasteiger partial charge in [-0.05, 0) is 19.4 Å². The SMILES string of the molecule is CCOC(=O)c1cnc(Cl)cc1N[C@@H]1CCN(c2ncc(F)cn2)C1. The van der Waals surface area contributed by atoms with Crippen LogP contribution in [0.2, 0.25) is 5.15 Å². The van der Waals surface area contributed by atoms with Crippen LogP contribution in [-0.2, 0) is 4.74 Å². The predicted molar refractivity (Wildman–Crippen MR) is 91.4 cm³/mol. The molecule has 1 atom stereocenters. The number of rotatable bonds is 5. The summed E-state index contributed by atoms with van der Waals surface area (Å²) in [5.74, 6) is -0.446. The van der Waals surface area contributed by atoms with E-state index in [2.05, 4.69) is 20.3 Å². The van der Waals surface area contributed by atoms with E-state index in [4.69, 9.17) is 16.3 Å². The van der Waals surface area contributed by atoms with Crippen molar-refractivity contribution in [1.82, 2.24) is 15.0 Å². The van der Waals surface area contributed by atoms with Gasteiger partial charge in [-0.15, -0.1) is 0 Å². The Balaban J connectivity index is 1.72. The Morgan fingerprint density at radius 3 is 2.88 bits per heavy atom. The molecule has 1 fully saturated rings. The Morgan fingerprint density at radius 2 is 2.16 bits per heavy atom. The van der Waals surface area contributed by atoms with Crippen molar-refractivity contribution >= 4 is 29.2 Å². The fraction of sp³-hybridized carbons (Fsp3) is 0.375. The molecule has 9 heteroatoms. The Kier molecular flexibility index (Phi) is 5.28. The van der Waals surface area contributed by atoms with Gasteiger partial charge >= 0.3 is 5.97 Å². The Morgan fingerprint density at radius 1 is 1.40 bits per heavy atom. The maximum Gasteiger partial charge on any atom is 0.341 e. The summed E-state index contributed by atoms with van der Waals surface area (Å²) in [4.78, 5) is 25.9. The second-order valence-corrected chi connectivity index (χ2v) is 5.94. The average molecular weight is 366 g/mol. The van der Waals surface area contributed by atoms with Crippen molar-refractivity contribution < 1.29 is 13.9 Å². The topological polar surface area (TPSA) is 80.2 Å². The molecule has 2 aromatic rings. The number of hydrogen-bond acceptors (Lipinski definition) is 7. The molecule has 0 unspecified atom stereocenters. The third-order valence-electron chi connectivity index (χ3n) is 3.80. The first kappa shape index (κ1) is 17.3. The van der Waals surface area contributed by atoms with Crippen molar-refractivity contribution in [3.63, 3.8) is 0 Å². The molecule has 3 heterocycles. The zero-order chi connectivity index (χ0) is 17.8. The van der Waals surface area contributed by atoms with Crippen LogP contribution >= 0.6 is 11.6 Å². The van der Waals surface area contributed by atoms with Gasteiger partial charge < -0.3 is 15.0 Å². The maximum absolute atomic E-state index is 12.9. The minimum absolute atomic E-state index is 0.0558.